The fourth-order valence-corrected chi connectivity index (χ4v) is 5.80. The fourth-order valence-electron chi connectivity index (χ4n) is 4.16. The lowest BCUT2D eigenvalue weighted by atomic mass is 10.1. The third-order valence-electron chi connectivity index (χ3n) is 7.04. The molecular weight excluding hydrogens is 546 g/mol. The number of nitrogens with one attached hydrogen (secondary N) is 1. The monoisotopic (exact) mass is 583 g/mol. The summed E-state index contributed by atoms with van der Waals surface area (Å²) >= 11 is 6.38. The van der Waals surface area contributed by atoms with Crippen molar-refractivity contribution in [3.05, 3.63) is 94.0 Å². The Morgan fingerprint density at radius 1 is 0.900 bits per heavy atom. The van der Waals surface area contributed by atoms with Gasteiger partial charge in [0, 0.05) is 17.6 Å². The highest BCUT2D eigenvalue weighted by molar-refractivity contribution is 7.92. The number of amides is 2. The van der Waals surface area contributed by atoms with Crippen molar-refractivity contribution < 1.29 is 18.0 Å². The normalized spacial score (nSPS) is 12.9. The smallest absolute Gasteiger partial charge is 0.264 e. The van der Waals surface area contributed by atoms with Gasteiger partial charge in [0.2, 0.25) is 11.8 Å². The molecule has 214 valence electrons. The summed E-state index contributed by atoms with van der Waals surface area (Å²) in [6.07, 6.45) is 0.737. The second-order valence-electron chi connectivity index (χ2n) is 10.2. The third-order valence-corrected chi connectivity index (χ3v) is 9.22. The zero-order valence-corrected chi connectivity index (χ0v) is 25.5. The van der Waals surface area contributed by atoms with E-state index in [4.69, 9.17) is 11.6 Å². The first-order valence-electron chi connectivity index (χ1n) is 13.3. The summed E-state index contributed by atoms with van der Waals surface area (Å²) in [4.78, 5) is 28.7. The molecule has 0 bridgehead atoms. The maximum Gasteiger partial charge on any atom is 0.264 e. The number of sulfonamides is 1. The first-order chi connectivity index (χ1) is 18.8. The van der Waals surface area contributed by atoms with Gasteiger partial charge in [-0.25, -0.2) is 8.42 Å². The van der Waals surface area contributed by atoms with Crippen molar-refractivity contribution in [1.29, 1.82) is 0 Å². The van der Waals surface area contributed by atoms with Crippen molar-refractivity contribution in [2.45, 2.75) is 71.5 Å². The van der Waals surface area contributed by atoms with E-state index < -0.39 is 28.5 Å². The van der Waals surface area contributed by atoms with Crippen LogP contribution in [0.25, 0.3) is 0 Å². The number of nitrogens with zero attached hydrogens (tertiary/aromatic N) is 2. The minimum absolute atomic E-state index is 0.0536. The molecule has 0 aromatic heterocycles. The first-order valence-corrected chi connectivity index (χ1v) is 15.2. The van der Waals surface area contributed by atoms with Crippen molar-refractivity contribution in [2.75, 3.05) is 10.8 Å². The number of carbonyl (C=O) groups excluding carboxylic acids is 2. The number of halogens is 1. The predicted octanol–water partition coefficient (Wildman–Crippen LogP) is 5.79. The van der Waals surface area contributed by atoms with Gasteiger partial charge < -0.3 is 10.2 Å². The Bertz CT molecular complexity index is 1440. The van der Waals surface area contributed by atoms with Crippen molar-refractivity contribution in [2.24, 2.45) is 0 Å². The van der Waals surface area contributed by atoms with Crippen molar-refractivity contribution >= 4 is 39.1 Å². The van der Waals surface area contributed by atoms with E-state index in [9.17, 15) is 18.0 Å². The Morgan fingerprint density at radius 3 is 2.05 bits per heavy atom. The molecule has 3 aromatic carbocycles. The molecule has 0 heterocycles. The molecule has 9 heteroatoms. The van der Waals surface area contributed by atoms with Crippen molar-refractivity contribution in [3.63, 3.8) is 0 Å². The molecule has 0 aliphatic heterocycles. The number of benzene rings is 3. The van der Waals surface area contributed by atoms with E-state index in [1.807, 2.05) is 52.0 Å². The highest BCUT2D eigenvalue weighted by Gasteiger charge is 2.33. The lowest BCUT2D eigenvalue weighted by Crippen LogP contribution is -2.52. The van der Waals surface area contributed by atoms with Gasteiger partial charge >= 0.3 is 0 Å². The Kier molecular flexibility index (Phi) is 10.4. The van der Waals surface area contributed by atoms with Gasteiger partial charge in [-0.2, -0.15) is 0 Å². The number of carbonyl (C=O) groups is 2. The van der Waals surface area contributed by atoms with E-state index in [1.54, 1.807) is 44.2 Å². The second-order valence-corrected chi connectivity index (χ2v) is 12.5. The van der Waals surface area contributed by atoms with E-state index >= 15 is 0 Å². The Balaban J connectivity index is 2.06. The Hall–Kier alpha value is -3.36. The van der Waals surface area contributed by atoms with Crippen LogP contribution in [-0.2, 0) is 26.2 Å². The van der Waals surface area contributed by atoms with Crippen LogP contribution < -0.4 is 9.62 Å². The van der Waals surface area contributed by atoms with Gasteiger partial charge in [0.05, 0.1) is 10.6 Å². The Morgan fingerprint density at radius 2 is 1.48 bits per heavy atom. The average molecular weight is 584 g/mol. The van der Waals surface area contributed by atoms with Crippen LogP contribution in [-0.4, -0.2) is 43.8 Å². The van der Waals surface area contributed by atoms with Crippen molar-refractivity contribution in [3.8, 4) is 0 Å². The largest absolute Gasteiger partial charge is 0.352 e. The molecule has 0 aliphatic carbocycles. The topological polar surface area (TPSA) is 86.8 Å². The summed E-state index contributed by atoms with van der Waals surface area (Å²) in [7, 11) is -4.16. The van der Waals surface area contributed by atoms with Crippen LogP contribution in [0.5, 0.6) is 0 Å². The van der Waals surface area contributed by atoms with Crippen molar-refractivity contribution in [1.82, 2.24) is 10.2 Å². The molecule has 0 unspecified atom stereocenters. The van der Waals surface area contributed by atoms with Crippen LogP contribution >= 0.6 is 11.6 Å². The van der Waals surface area contributed by atoms with Crippen LogP contribution in [0.3, 0.4) is 0 Å². The Labute approximate surface area is 243 Å². The summed E-state index contributed by atoms with van der Waals surface area (Å²) in [5.74, 6) is -0.816. The standard InChI is InChI=1S/C31H38ClN3O4S/c1-7-23(4)33-31(37)25(6)34(19-26-15-11-21(2)12-16-26)30(36)20-35(29-10-8-9-28(32)24(29)5)40(38,39)27-17-13-22(3)14-18-27/h8-18,23,25H,7,19-20H2,1-6H3,(H,33,37)/t23-,25-/m0/s1. The van der Waals surface area contributed by atoms with E-state index in [1.165, 1.54) is 17.0 Å². The predicted molar refractivity (Wildman–Crippen MR) is 161 cm³/mol. The number of rotatable bonds is 11. The molecule has 0 saturated carbocycles. The van der Waals surface area contributed by atoms with Gasteiger partial charge in [-0.1, -0.05) is 72.1 Å². The van der Waals surface area contributed by atoms with E-state index in [0.717, 1.165) is 27.4 Å². The van der Waals surface area contributed by atoms with Gasteiger partial charge in [0.1, 0.15) is 12.6 Å². The SMILES string of the molecule is CC[C@H](C)NC(=O)[C@H](C)N(Cc1ccc(C)cc1)C(=O)CN(c1cccc(Cl)c1C)S(=O)(=O)c1ccc(C)cc1. The maximum absolute atomic E-state index is 14.0. The quantitative estimate of drug-likeness (QED) is 0.309. The van der Waals surface area contributed by atoms with Gasteiger partial charge in [-0.15, -0.1) is 0 Å². The van der Waals surface area contributed by atoms with Gasteiger partial charge in [0.25, 0.3) is 10.0 Å². The zero-order chi connectivity index (χ0) is 29.6. The number of aryl methyl sites for hydroxylation is 2. The lowest BCUT2D eigenvalue weighted by molar-refractivity contribution is -0.139. The number of anilines is 1. The molecule has 0 saturated heterocycles. The van der Waals surface area contributed by atoms with Gasteiger partial charge in [0.15, 0.2) is 0 Å². The zero-order valence-electron chi connectivity index (χ0n) is 23.9. The third kappa shape index (κ3) is 7.43. The lowest BCUT2D eigenvalue weighted by Gasteiger charge is -2.33. The molecule has 2 amide bonds. The number of hydrogen-bond acceptors (Lipinski definition) is 4. The maximum atomic E-state index is 14.0. The highest BCUT2D eigenvalue weighted by atomic mass is 35.5. The van der Waals surface area contributed by atoms with Crippen LogP contribution in [0.4, 0.5) is 5.69 Å². The fraction of sp³-hybridized carbons (Fsp3) is 0.355. The number of hydrogen-bond donors (Lipinski definition) is 1. The summed E-state index contributed by atoms with van der Waals surface area (Å²) in [6, 6.07) is 18.2. The molecule has 0 aliphatic rings. The van der Waals surface area contributed by atoms with Gasteiger partial charge in [-0.05, 0) is 76.4 Å². The summed E-state index contributed by atoms with van der Waals surface area (Å²) in [5, 5.41) is 3.32. The molecule has 7 nitrogen and oxygen atoms in total. The van der Waals surface area contributed by atoms with E-state index in [0.29, 0.717) is 16.3 Å². The molecule has 2 atom stereocenters. The molecule has 0 spiro atoms. The molecular formula is C31H38ClN3O4S. The molecule has 1 N–H and O–H groups in total. The minimum atomic E-state index is -4.16. The van der Waals surface area contributed by atoms with Crippen LogP contribution in [0.2, 0.25) is 5.02 Å². The van der Waals surface area contributed by atoms with Gasteiger partial charge in [-0.3, -0.25) is 13.9 Å². The molecule has 0 radical (unpaired) electrons. The van der Waals surface area contributed by atoms with Crippen LogP contribution in [0.1, 0.15) is 49.4 Å². The first kappa shape index (κ1) is 31.2. The van der Waals surface area contributed by atoms with Crippen LogP contribution in [0.15, 0.2) is 71.6 Å². The van der Waals surface area contributed by atoms with E-state index in [2.05, 4.69) is 5.32 Å². The summed E-state index contributed by atoms with van der Waals surface area (Å²) in [6.45, 7) is 10.7. The molecule has 0 fully saturated rings. The summed E-state index contributed by atoms with van der Waals surface area (Å²) in [5.41, 5.74) is 3.63. The van der Waals surface area contributed by atoms with E-state index in [-0.39, 0.29) is 23.4 Å². The summed E-state index contributed by atoms with van der Waals surface area (Å²) < 4.78 is 29.1. The van der Waals surface area contributed by atoms with Crippen LogP contribution in [0, 0.1) is 20.8 Å². The molecule has 40 heavy (non-hydrogen) atoms. The minimum Gasteiger partial charge on any atom is -0.352 e. The average Bonchev–Trinajstić information content (AvgIpc) is 2.92. The molecule has 3 rings (SSSR count). The second kappa shape index (κ2) is 13.3. The highest BCUT2D eigenvalue weighted by Crippen LogP contribution is 2.31. The molecule has 3 aromatic rings.